The van der Waals surface area contributed by atoms with Gasteiger partial charge in [0.1, 0.15) is 5.75 Å². The monoisotopic (exact) mass is 391 g/mol. The number of piperazine rings is 1. The molecule has 1 aromatic carbocycles. The lowest BCUT2D eigenvalue weighted by Gasteiger charge is -2.41. The van der Waals surface area contributed by atoms with Crippen molar-refractivity contribution in [2.75, 3.05) is 25.0 Å². The van der Waals surface area contributed by atoms with Gasteiger partial charge in [0.05, 0.1) is 18.4 Å². The van der Waals surface area contributed by atoms with Crippen LogP contribution in [-0.4, -0.2) is 52.0 Å². The number of amides is 1. The van der Waals surface area contributed by atoms with E-state index in [2.05, 4.69) is 39.3 Å². The molecule has 9 heteroatoms. The van der Waals surface area contributed by atoms with Crippen LogP contribution in [0.1, 0.15) is 20.8 Å². The molecule has 0 bridgehead atoms. The first kappa shape index (κ1) is 20.1. The molecule has 1 saturated heterocycles. The zero-order valence-corrected chi connectivity index (χ0v) is 16.0. The van der Waals surface area contributed by atoms with Gasteiger partial charge in [-0.1, -0.05) is 0 Å². The van der Waals surface area contributed by atoms with E-state index in [0.717, 1.165) is 31.8 Å². The first-order valence-electron chi connectivity index (χ1n) is 8.98. The predicted octanol–water partition coefficient (Wildman–Crippen LogP) is 2.56. The van der Waals surface area contributed by atoms with E-state index in [0.29, 0.717) is 0 Å². The van der Waals surface area contributed by atoms with Crippen LogP contribution >= 0.6 is 0 Å². The van der Waals surface area contributed by atoms with Gasteiger partial charge in [-0.2, -0.15) is 0 Å². The van der Waals surface area contributed by atoms with Crippen molar-refractivity contribution in [3.8, 4) is 11.6 Å². The summed E-state index contributed by atoms with van der Waals surface area (Å²) in [5.41, 5.74) is -0.0502. The van der Waals surface area contributed by atoms with Gasteiger partial charge in [-0.25, -0.2) is 18.7 Å². The minimum Gasteiger partial charge on any atom is -0.437 e. The lowest BCUT2D eigenvalue weighted by Crippen LogP contribution is -2.60. The molecule has 2 N–H and O–H groups in total. The molecule has 1 amide bonds. The first-order valence-corrected chi connectivity index (χ1v) is 8.98. The molecule has 0 radical (unpaired) electrons. The van der Waals surface area contributed by atoms with E-state index in [-0.39, 0.29) is 34.9 Å². The quantitative estimate of drug-likeness (QED) is 0.816. The standard InChI is InChI=1S/C19H23F2N5O2/c1-12(26-7-6-24-19(2,3)11-26)18(27)25-16-9-23-17(10-22-16)28-13-4-5-14(20)15(21)8-13/h4-5,8-10,12,24H,6-7,11H2,1-3H3,(H,22,25,27). The predicted molar refractivity (Wildman–Crippen MR) is 100 cm³/mol. The molecule has 0 spiro atoms. The molecule has 0 saturated carbocycles. The molecular weight excluding hydrogens is 368 g/mol. The third-order valence-electron chi connectivity index (χ3n) is 4.52. The molecular formula is C19H23F2N5O2. The number of carbonyl (C=O) groups excluding carboxylic acids is 1. The Morgan fingerprint density at radius 3 is 2.71 bits per heavy atom. The first-order chi connectivity index (χ1) is 13.2. The summed E-state index contributed by atoms with van der Waals surface area (Å²) in [5.74, 6) is -1.68. The minimum absolute atomic E-state index is 0.0502. The second kappa shape index (κ2) is 8.15. The smallest absolute Gasteiger partial charge is 0.242 e. The van der Waals surface area contributed by atoms with Crippen LogP contribution in [0.2, 0.25) is 0 Å². The molecule has 0 aliphatic carbocycles. The van der Waals surface area contributed by atoms with E-state index in [1.165, 1.54) is 18.5 Å². The third kappa shape index (κ3) is 4.99. The number of benzene rings is 1. The van der Waals surface area contributed by atoms with Gasteiger partial charge >= 0.3 is 0 Å². The molecule has 1 fully saturated rings. The Morgan fingerprint density at radius 1 is 1.29 bits per heavy atom. The Morgan fingerprint density at radius 2 is 2.07 bits per heavy atom. The Balaban J connectivity index is 1.58. The molecule has 3 rings (SSSR count). The van der Waals surface area contributed by atoms with Crippen LogP contribution < -0.4 is 15.4 Å². The summed E-state index contributed by atoms with van der Waals surface area (Å²) >= 11 is 0. The minimum atomic E-state index is -1.01. The molecule has 1 aliphatic rings. The van der Waals surface area contributed by atoms with Gasteiger partial charge in [-0.15, -0.1) is 0 Å². The van der Waals surface area contributed by atoms with Gasteiger partial charge in [0.2, 0.25) is 11.8 Å². The van der Waals surface area contributed by atoms with Crippen LogP contribution in [-0.2, 0) is 4.79 Å². The molecule has 2 heterocycles. The van der Waals surface area contributed by atoms with Gasteiger partial charge < -0.3 is 15.4 Å². The van der Waals surface area contributed by atoms with Crippen molar-refractivity contribution in [2.45, 2.75) is 32.4 Å². The van der Waals surface area contributed by atoms with Crippen molar-refractivity contribution in [3.63, 3.8) is 0 Å². The molecule has 1 aliphatic heterocycles. The number of hydrogen-bond donors (Lipinski definition) is 2. The second-order valence-electron chi connectivity index (χ2n) is 7.36. The Kier molecular flexibility index (Phi) is 5.85. The topological polar surface area (TPSA) is 79.4 Å². The van der Waals surface area contributed by atoms with Gasteiger partial charge in [0.15, 0.2) is 17.5 Å². The highest BCUT2D eigenvalue weighted by Crippen LogP contribution is 2.21. The maximum atomic E-state index is 13.2. The van der Waals surface area contributed by atoms with Crippen molar-refractivity contribution in [1.82, 2.24) is 20.2 Å². The number of ether oxygens (including phenoxy) is 1. The average molecular weight is 391 g/mol. The fourth-order valence-corrected chi connectivity index (χ4v) is 3.00. The highest BCUT2D eigenvalue weighted by molar-refractivity contribution is 5.93. The summed E-state index contributed by atoms with van der Waals surface area (Å²) < 4.78 is 31.5. The summed E-state index contributed by atoms with van der Waals surface area (Å²) in [6, 6.07) is 2.85. The highest BCUT2D eigenvalue weighted by Gasteiger charge is 2.31. The van der Waals surface area contributed by atoms with Crippen molar-refractivity contribution in [1.29, 1.82) is 0 Å². The number of anilines is 1. The highest BCUT2D eigenvalue weighted by atomic mass is 19.2. The SMILES string of the molecule is CC(C(=O)Nc1cnc(Oc2ccc(F)c(F)c2)cn1)N1CCNC(C)(C)C1. The van der Waals surface area contributed by atoms with E-state index >= 15 is 0 Å². The molecule has 2 aromatic rings. The van der Waals surface area contributed by atoms with Gasteiger partial charge in [-0.3, -0.25) is 9.69 Å². The summed E-state index contributed by atoms with van der Waals surface area (Å²) in [6.07, 6.45) is 2.65. The molecule has 1 unspecified atom stereocenters. The van der Waals surface area contributed by atoms with Crippen LogP contribution in [0.15, 0.2) is 30.6 Å². The Labute approximate surface area is 162 Å². The van der Waals surface area contributed by atoms with Crippen LogP contribution in [0, 0.1) is 11.6 Å². The van der Waals surface area contributed by atoms with Gasteiger partial charge in [-0.05, 0) is 32.9 Å². The number of halogens is 2. The summed E-state index contributed by atoms with van der Waals surface area (Å²) in [7, 11) is 0. The third-order valence-corrected chi connectivity index (χ3v) is 4.52. The van der Waals surface area contributed by atoms with Crippen molar-refractivity contribution < 1.29 is 18.3 Å². The lowest BCUT2D eigenvalue weighted by molar-refractivity contribution is -0.121. The maximum Gasteiger partial charge on any atom is 0.242 e. The maximum absolute atomic E-state index is 13.2. The van der Waals surface area contributed by atoms with E-state index in [1.807, 2.05) is 6.92 Å². The summed E-state index contributed by atoms with van der Waals surface area (Å²) in [4.78, 5) is 22.8. The van der Waals surface area contributed by atoms with Crippen molar-refractivity contribution >= 4 is 11.7 Å². The number of nitrogens with one attached hydrogen (secondary N) is 2. The molecule has 1 aromatic heterocycles. The molecule has 7 nitrogen and oxygen atoms in total. The number of nitrogens with zero attached hydrogens (tertiary/aromatic N) is 3. The molecule has 1 atom stereocenters. The van der Waals surface area contributed by atoms with E-state index in [9.17, 15) is 13.6 Å². The number of carbonyl (C=O) groups is 1. The largest absolute Gasteiger partial charge is 0.437 e. The summed E-state index contributed by atoms with van der Waals surface area (Å²) in [6.45, 7) is 8.41. The normalized spacial score (nSPS) is 17.8. The number of hydrogen-bond acceptors (Lipinski definition) is 6. The van der Waals surface area contributed by atoms with Gasteiger partial charge in [0, 0.05) is 31.2 Å². The molecule has 28 heavy (non-hydrogen) atoms. The van der Waals surface area contributed by atoms with Gasteiger partial charge in [0.25, 0.3) is 0 Å². The lowest BCUT2D eigenvalue weighted by atomic mass is 10.0. The zero-order chi connectivity index (χ0) is 20.3. The molecule has 150 valence electrons. The summed E-state index contributed by atoms with van der Waals surface area (Å²) in [5, 5.41) is 6.14. The number of rotatable bonds is 5. The fourth-order valence-electron chi connectivity index (χ4n) is 3.00. The fraction of sp³-hybridized carbons (Fsp3) is 0.421. The van der Waals surface area contributed by atoms with Crippen LogP contribution in [0.3, 0.4) is 0 Å². The Hall–Kier alpha value is -2.65. The average Bonchev–Trinajstić information content (AvgIpc) is 2.65. The second-order valence-corrected chi connectivity index (χ2v) is 7.36. The van der Waals surface area contributed by atoms with Crippen LogP contribution in [0.5, 0.6) is 11.6 Å². The zero-order valence-electron chi connectivity index (χ0n) is 16.0. The van der Waals surface area contributed by atoms with Crippen LogP contribution in [0.4, 0.5) is 14.6 Å². The van der Waals surface area contributed by atoms with E-state index in [1.54, 1.807) is 0 Å². The van der Waals surface area contributed by atoms with Crippen molar-refractivity contribution in [3.05, 3.63) is 42.2 Å². The number of aromatic nitrogens is 2. The Bertz CT molecular complexity index is 845. The van der Waals surface area contributed by atoms with E-state index < -0.39 is 11.6 Å². The van der Waals surface area contributed by atoms with Crippen molar-refractivity contribution in [2.24, 2.45) is 0 Å². The van der Waals surface area contributed by atoms with Crippen LogP contribution in [0.25, 0.3) is 0 Å². The van der Waals surface area contributed by atoms with E-state index in [4.69, 9.17) is 4.74 Å².